The minimum absolute atomic E-state index is 0.0855. The van der Waals surface area contributed by atoms with Crippen molar-refractivity contribution < 1.29 is 26.7 Å². The molecular formula is C12H23NO6S2. The Balaban J connectivity index is 2.78. The lowest BCUT2D eigenvalue weighted by Crippen LogP contribution is -2.46. The van der Waals surface area contributed by atoms with Crippen molar-refractivity contribution in [2.45, 2.75) is 50.8 Å². The normalized spacial score (nSPS) is 20.0. The van der Waals surface area contributed by atoms with Crippen molar-refractivity contribution in [1.82, 2.24) is 4.31 Å². The topological polar surface area (TPSA) is 109 Å². The van der Waals surface area contributed by atoms with Crippen LogP contribution in [0.4, 0.5) is 0 Å². The fourth-order valence-electron chi connectivity index (χ4n) is 2.42. The summed E-state index contributed by atoms with van der Waals surface area (Å²) in [6.07, 6.45) is 0.398. The van der Waals surface area contributed by atoms with Gasteiger partial charge in [0.2, 0.25) is 10.0 Å². The summed E-state index contributed by atoms with van der Waals surface area (Å²) in [7, 11) is -6.71. The Kier molecular flexibility index (Phi) is 6.18. The average Bonchev–Trinajstić information content (AvgIpc) is 2.33. The highest BCUT2D eigenvalue weighted by atomic mass is 32.2. The number of nitrogens with zero attached hydrogens (tertiary/aromatic N) is 1. The minimum Gasteiger partial charge on any atom is -0.481 e. The molecule has 9 heteroatoms. The first kappa shape index (κ1) is 18.4. The van der Waals surface area contributed by atoms with Crippen molar-refractivity contribution in [2.24, 2.45) is 0 Å². The molecule has 0 unspecified atom stereocenters. The Bertz CT molecular complexity index is 553. The molecule has 0 atom stereocenters. The van der Waals surface area contributed by atoms with E-state index in [1.165, 1.54) is 4.31 Å². The molecule has 0 aromatic rings. The number of aliphatic carboxylic acids is 1. The molecule has 0 radical (unpaired) electrons. The van der Waals surface area contributed by atoms with Gasteiger partial charge in [-0.2, -0.15) is 4.31 Å². The summed E-state index contributed by atoms with van der Waals surface area (Å²) < 4.78 is 49.3. The van der Waals surface area contributed by atoms with E-state index < -0.39 is 31.1 Å². The number of rotatable bonds is 7. The summed E-state index contributed by atoms with van der Waals surface area (Å²) in [6, 6.07) is -0.276. The lowest BCUT2D eigenvalue weighted by atomic mass is 10.2. The van der Waals surface area contributed by atoms with Crippen molar-refractivity contribution >= 4 is 25.8 Å². The third-order valence-electron chi connectivity index (χ3n) is 3.59. The number of carboxylic acids is 1. The highest BCUT2D eigenvalue weighted by molar-refractivity contribution is 7.92. The first-order valence-corrected chi connectivity index (χ1v) is 10.3. The summed E-state index contributed by atoms with van der Waals surface area (Å²) in [6.45, 7) is 3.62. The van der Waals surface area contributed by atoms with Gasteiger partial charge in [0.15, 0.2) is 0 Å². The molecule has 0 spiro atoms. The molecule has 1 aliphatic heterocycles. The number of carbonyl (C=O) groups is 1. The van der Waals surface area contributed by atoms with Crippen LogP contribution in [0.2, 0.25) is 0 Å². The average molecular weight is 341 g/mol. The number of hydrogen-bond acceptors (Lipinski definition) is 5. The third kappa shape index (κ3) is 5.23. The summed E-state index contributed by atoms with van der Waals surface area (Å²) in [5.41, 5.74) is 0. The van der Waals surface area contributed by atoms with Crippen LogP contribution in [0.15, 0.2) is 0 Å². The second-order valence-electron chi connectivity index (χ2n) is 5.60. The smallest absolute Gasteiger partial charge is 0.303 e. The third-order valence-corrected chi connectivity index (χ3v) is 7.88. The number of carboxylic acid groups (broad SMARTS) is 1. The molecule has 0 aromatic heterocycles. The molecule has 7 nitrogen and oxygen atoms in total. The zero-order valence-corrected chi connectivity index (χ0v) is 14.0. The molecule has 1 heterocycles. The van der Waals surface area contributed by atoms with Crippen LogP contribution in [0, 0.1) is 0 Å². The molecule has 0 aliphatic carbocycles. The van der Waals surface area contributed by atoms with Crippen molar-refractivity contribution in [3.8, 4) is 0 Å². The highest BCUT2D eigenvalue weighted by Gasteiger charge is 2.37. The van der Waals surface area contributed by atoms with E-state index in [4.69, 9.17) is 5.11 Å². The van der Waals surface area contributed by atoms with E-state index in [0.29, 0.717) is 0 Å². The van der Waals surface area contributed by atoms with Gasteiger partial charge < -0.3 is 5.11 Å². The number of sulfonamides is 1. The Morgan fingerprint density at radius 1 is 1.29 bits per heavy atom. The van der Waals surface area contributed by atoms with Crippen molar-refractivity contribution in [3.63, 3.8) is 0 Å². The standard InChI is InChI=1S/C12H23NO6S2/c1-10(2)13(7-3-4-12(14)15)21(18,19)11-5-8-20(16,17)9-6-11/h10-11H,3-9H2,1-2H3,(H,14,15). The van der Waals surface area contributed by atoms with Gasteiger partial charge in [-0.3, -0.25) is 4.79 Å². The second-order valence-corrected chi connectivity index (χ2v) is 10.1. The van der Waals surface area contributed by atoms with Crippen molar-refractivity contribution in [2.75, 3.05) is 18.1 Å². The summed E-state index contributed by atoms with van der Waals surface area (Å²) in [5.74, 6) is -1.16. The summed E-state index contributed by atoms with van der Waals surface area (Å²) in [5, 5.41) is 7.95. The van der Waals surface area contributed by atoms with Gasteiger partial charge in [-0.25, -0.2) is 16.8 Å². The molecular weight excluding hydrogens is 318 g/mol. The molecule has 0 bridgehead atoms. The van der Waals surface area contributed by atoms with Crippen molar-refractivity contribution in [1.29, 1.82) is 0 Å². The van der Waals surface area contributed by atoms with E-state index >= 15 is 0 Å². The lowest BCUT2D eigenvalue weighted by molar-refractivity contribution is -0.137. The van der Waals surface area contributed by atoms with Crippen LogP contribution in [-0.4, -0.2) is 61.6 Å². The van der Waals surface area contributed by atoms with Crippen LogP contribution in [-0.2, 0) is 24.7 Å². The van der Waals surface area contributed by atoms with E-state index in [1.807, 2.05) is 0 Å². The number of sulfone groups is 1. The van der Waals surface area contributed by atoms with Crippen LogP contribution in [0.1, 0.15) is 39.5 Å². The maximum Gasteiger partial charge on any atom is 0.303 e. The summed E-state index contributed by atoms with van der Waals surface area (Å²) >= 11 is 0. The molecule has 124 valence electrons. The Hall–Kier alpha value is -0.670. The highest BCUT2D eigenvalue weighted by Crippen LogP contribution is 2.24. The fourth-order valence-corrected chi connectivity index (χ4v) is 6.40. The Labute approximate surface area is 126 Å². The van der Waals surface area contributed by atoms with Crippen LogP contribution < -0.4 is 0 Å². The first-order chi connectivity index (χ1) is 9.56. The van der Waals surface area contributed by atoms with Gasteiger partial charge in [0, 0.05) is 19.0 Å². The Morgan fingerprint density at radius 2 is 1.81 bits per heavy atom. The van der Waals surface area contributed by atoms with Gasteiger partial charge in [-0.15, -0.1) is 0 Å². The monoisotopic (exact) mass is 341 g/mol. The van der Waals surface area contributed by atoms with Crippen LogP contribution >= 0.6 is 0 Å². The molecule has 0 aromatic carbocycles. The maximum atomic E-state index is 12.6. The van der Waals surface area contributed by atoms with Crippen LogP contribution in [0.25, 0.3) is 0 Å². The largest absolute Gasteiger partial charge is 0.481 e. The van der Waals surface area contributed by atoms with Gasteiger partial charge in [0.05, 0.1) is 16.8 Å². The van der Waals surface area contributed by atoms with E-state index in [0.717, 1.165) is 0 Å². The quantitative estimate of drug-likeness (QED) is 0.721. The SMILES string of the molecule is CC(C)N(CCCC(=O)O)S(=O)(=O)C1CCS(=O)(=O)CC1. The summed E-state index contributed by atoms with van der Waals surface area (Å²) in [4.78, 5) is 10.5. The first-order valence-electron chi connectivity index (χ1n) is 6.99. The molecule has 1 N–H and O–H groups in total. The number of hydrogen-bond donors (Lipinski definition) is 1. The van der Waals surface area contributed by atoms with Crippen LogP contribution in [0.5, 0.6) is 0 Å². The molecule has 1 fully saturated rings. The van der Waals surface area contributed by atoms with Crippen LogP contribution in [0.3, 0.4) is 0 Å². The molecule has 21 heavy (non-hydrogen) atoms. The second kappa shape index (κ2) is 7.06. The fraction of sp³-hybridized carbons (Fsp3) is 0.917. The molecule has 0 saturated carbocycles. The van der Waals surface area contributed by atoms with E-state index in [-0.39, 0.29) is 49.8 Å². The van der Waals surface area contributed by atoms with Gasteiger partial charge >= 0.3 is 5.97 Å². The molecule has 1 rings (SSSR count). The van der Waals surface area contributed by atoms with Crippen molar-refractivity contribution in [3.05, 3.63) is 0 Å². The predicted octanol–water partition coefficient (Wildman–Crippen LogP) is 0.469. The van der Waals surface area contributed by atoms with E-state index in [9.17, 15) is 21.6 Å². The van der Waals surface area contributed by atoms with Gasteiger partial charge in [0.1, 0.15) is 9.84 Å². The van der Waals surface area contributed by atoms with Gasteiger partial charge in [-0.05, 0) is 33.1 Å². The predicted molar refractivity (Wildman–Crippen MR) is 79.3 cm³/mol. The minimum atomic E-state index is -3.60. The molecule has 1 aliphatic rings. The van der Waals surface area contributed by atoms with E-state index in [1.54, 1.807) is 13.8 Å². The molecule has 0 amide bonds. The zero-order valence-electron chi connectivity index (χ0n) is 12.4. The lowest BCUT2D eigenvalue weighted by Gasteiger charge is -2.32. The zero-order chi connectivity index (χ0) is 16.3. The maximum absolute atomic E-state index is 12.6. The Morgan fingerprint density at radius 3 is 2.24 bits per heavy atom. The molecule has 1 saturated heterocycles. The van der Waals surface area contributed by atoms with Gasteiger partial charge in [0.25, 0.3) is 0 Å². The van der Waals surface area contributed by atoms with E-state index in [2.05, 4.69) is 0 Å². The van der Waals surface area contributed by atoms with Gasteiger partial charge in [-0.1, -0.05) is 0 Å².